The maximum atomic E-state index is 10.7. The Morgan fingerprint density at radius 1 is 0.246 bits per heavy atom. The molecule has 0 aliphatic heterocycles. The fourth-order valence-corrected chi connectivity index (χ4v) is 3.86. The molecule has 6 aromatic carbocycles. The van der Waals surface area contributed by atoms with Crippen molar-refractivity contribution < 1.29 is 111 Å². The van der Waals surface area contributed by atoms with Crippen LogP contribution in [0.3, 0.4) is 0 Å². The molecule has 0 fully saturated rings. The van der Waals surface area contributed by atoms with Crippen molar-refractivity contribution in [1.82, 2.24) is 0 Å². The first-order valence-electron chi connectivity index (χ1n) is 16.3. The number of aromatic carboxylic acids is 6. The van der Waals surface area contributed by atoms with E-state index < -0.39 is 70.3 Å². The van der Waals surface area contributed by atoms with Crippen LogP contribution in [0.5, 0.6) is 34.5 Å². The summed E-state index contributed by atoms with van der Waals surface area (Å²) in [6.07, 6.45) is 0. The molecule has 18 nitrogen and oxygen atoms in total. The summed E-state index contributed by atoms with van der Waals surface area (Å²) in [5.74, 6) is -9.75. The zero-order valence-corrected chi connectivity index (χ0v) is 32.9. The van der Waals surface area contributed by atoms with Gasteiger partial charge in [0.15, 0.2) is 0 Å². The fraction of sp³-hybridized carbons (Fsp3) is 0. The van der Waals surface area contributed by atoms with Crippen LogP contribution in [0.2, 0.25) is 0 Å². The standard InChI is InChI=1S/6C7H6O3.Mo/c6*8-6-4-2-1-3-5(6)7(9)10;/h6*1-4,8H,(H,9,10);/p-6. The number of benzene rings is 6. The Bertz CT molecular complexity index is 1970. The van der Waals surface area contributed by atoms with E-state index in [0.717, 1.165) is 0 Å². The molecule has 6 N–H and O–H groups in total. The minimum atomic E-state index is -1.18. The van der Waals surface area contributed by atoms with E-state index >= 15 is 0 Å². The smallest absolute Gasteiger partial charge is 0.335 e. The van der Waals surface area contributed by atoms with Crippen LogP contribution in [0.15, 0.2) is 146 Å². The SMILES string of the molecule is O=C(O)c1ccccc1[O-].O=C(O)c1ccccc1[O-].O=C(O)c1ccccc1[O-].O=C(O)c1ccccc1[O-].O=C(O)c1ccccc1[O-].O=C(O)c1ccccc1[O-].[Mo]. The Hall–Kier alpha value is -8.37. The van der Waals surface area contributed by atoms with Crippen molar-refractivity contribution in [3.63, 3.8) is 0 Å². The molecule has 0 atom stereocenters. The molecular formula is C42H30MoO18-6. The molecule has 0 bridgehead atoms. The fourth-order valence-electron chi connectivity index (χ4n) is 3.86. The summed E-state index contributed by atoms with van der Waals surface area (Å²) < 4.78 is 0. The summed E-state index contributed by atoms with van der Waals surface area (Å²) in [5.41, 5.74) is -1.07. The quantitative estimate of drug-likeness (QED) is 0.131. The van der Waals surface area contributed by atoms with Crippen LogP contribution >= 0.6 is 0 Å². The second kappa shape index (κ2) is 27.3. The summed E-state index contributed by atoms with van der Waals surface area (Å²) in [6.45, 7) is 0. The van der Waals surface area contributed by atoms with Gasteiger partial charge in [-0.25, -0.2) is 28.8 Å². The molecule has 6 rings (SSSR count). The first-order chi connectivity index (χ1) is 28.3. The normalized spacial score (nSPS) is 9.05. The number of rotatable bonds is 6. The van der Waals surface area contributed by atoms with Crippen LogP contribution in [0.25, 0.3) is 0 Å². The summed E-state index contributed by atoms with van der Waals surface area (Å²) in [5, 5.41) is 114. The van der Waals surface area contributed by atoms with Gasteiger partial charge in [0.1, 0.15) is 0 Å². The van der Waals surface area contributed by atoms with Gasteiger partial charge in [0.25, 0.3) is 0 Å². The number of carboxylic acid groups (broad SMARTS) is 6. The number of para-hydroxylation sites is 6. The predicted octanol–water partition coefficient (Wildman–Crippen LogP) is 2.75. The van der Waals surface area contributed by atoms with E-state index in [1.54, 1.807) is 0 Å². The van der Waals surface area contributed by atoms with Crippen molar-refractivity contribution in [3.8, 4) is 34.5 Å². The molecular weight excluding hydrogens is 888 g/mol. The van der Waals surface area contributed by atoms with Crippen molar-refractivity contribution in [2.45, 2.75) is 0 Å². The van der Waals surface area contributed by atoms with E-state index in [-0.39, 0.29) is 54.4 Å². The third kappa shape index (κ3) is 19.1. The van der Waals surface area contributed by atoms with E-state index in [2.05, 4.69) is 0 Å². The van der Waals surface area contributed by atoms with E-state index in [1.165, 1.54) is 146 Å². The second-order valence-electron chi connectivity index (χ2n) is 10.8. The molecule has 0 saturated carbocycles. The van der Waals surface area contributed by atoms with E-state index in [1.807, 2.05) is 0 Å². The first kappa shape index (κ1) is 52.6. The van der Waals surface area contributed by atoms with Crippen LogP contribution in [0.1, 0.15) is 62.1 Å². The summed E-state index contributed by atoms with van der Waals surface area (Å²) in [7, 11) is 0. The van der Waals surface area contributed by atoms with Crippen LogP contribution in [-0.4, -0.2) is 66.5 Å². The summed E-state index contributed by atoms with van der Waals surface area (Å²) in [6, 6.07) is 33.2. The molecule has 6 aromatic rings. The number of carbonyl (C=O) groups is 6. The van der Waals surface area contributed by atoms with Crippen molar-refractivity contribution >= 4 is 35.8 Å². The summed E-state index contributed by atoms with van der Waals surface area (Å²) >= 11 is 0. The van der Waals surface area contributed by atoms with Gasteiger partial charge in [0.2, 0.25) is 0 Å². The monoisotopic (exact) mass is 920 g/mol. The van der Waals surface area contributed by atoms with Crippen LogP contribution in [0, 0.1) is 0 Å². The average Bonchev–Trinajstić information content (AvgIpc) is 3.19. The zero-order valence-electron chi connectivity index (χ0n) is 30.8. The average molecular weight is 919 g/mol. The predicted molar refractivity (Wildman–Crippen MR) is 197 cm³/mol. The van der Waals surface area contributed by atoms with E-state index in [0.29, 0.717) is 0 Å². The molecule has 0 heterocycles. The van der Waals surface area contributed by atoms with E-state index in [4.69, 9.17) is 30.6 Å². The summed E-state index contributed by atoms with van der Waals surface area (Å²) in [4.78, 5) is 61.3. The Morgan fingerprint density at radius 2 is 0.344 bits per heavy atom. The van der Waals surface area contributed by atoms with Gasteiger partial charge < -0.3 is 61.3 Å². The Morgan fingerprint density at radius 3 is 0.410 bits per heavy atom. The maximum absolute atomic E-state index is 10.7. The van der Waals surface area contributed by atoms with Crippen LogP contribution in [-0.2, 0) is 21.1 Å². The molecule has 0 aliphatic carbocycles. The Labute approximate surface area is 359 Å². The van der Waals surface area contributed by atoms with Gasteiger partial charge in [-0.15, -0.1) is 0 Å². The van der Waals surface area contributed by atoms with Crippen LogP contribution < -0.4 is 30.6 Å². The Balaban J connectivity index is 0.000000706. The van der Waals surface area contributed by atoms with Crippen molar-refractivity contribution in [2.24, 2.45) is 0 Å². The molecule has 0 spiro atoms. The van der Waals surface area contributed by atoms with Gasteiger partial charge in [-0.05, 0) is 36.4 Å². The molecule has 0 unspecified atom stereocenters. The van der Waals surface area contributed by atoms with E-state index in [9.17, 15) is 59.4 Å². The molecule has 0 radical (unpaired) electrons. The second-order valence-corrected chi connectivity index (χ2v) is 10.8. The van der Waals surface area contributed by atoms with Crippen molar-refractivity contribution in [1.29, 1.82) is 0 Å². The van der Waals surface area contributed by atoms with Crippen molar-refractivity contribution in [3.05, 3.63) is 179 Å². The molecule has 0 aromatic heterocycles. The third-order valence-corrected chi connectivity index (χ3v) is 6.70. The number of hydrogen-bond acceptors (Lipinski definition) is 12. The van der Waals surface area contributed by atoms with Gasteiger partial charge >= 0.3 is 35.8 Å². The first-order valence-corrected chi connectivity index (χ1v) is 16.3. The molecule has 0 saturated heterocycles. The number of hydrogen-bond donors (Lipinski definition) is 6. The van der Waals surface area contributed by atoms with Crippen molar-refractivity contribution in [2.75, 3.05) is 0 Å². The maximum Gasteiger partial charge on any atom is 0.335 e. The van der Waals surface area contributed by atoms with Gasteiger partial charge in [0.05, 0.1) is 33.4 Å². The third-order valence-electron chi connectivity index (χ3n) is 6.70. The molecule has 61 heavy (non-hydrogen) atoms. The van der Waals surface area contributed by atoms with Gasteiger partial charge in [0, 0.05) is 21.1 Å². The molecule has 19 heteroatoms. The van der Waals surface area contributed by atoms with Gasteiger partial charge in [-0.3, -0.25) is 0 Å². The zero-order chi connectivity index (χ0) is 45.4. The Kier molecular flexibility index (Phi) is 23.6. The topological polar surface area (TPSA) is 362 Å². The molecule has 0 aliphatic rings. The van der Waals surface area contributed by atoms with Gasteiger partial charge in [-0.2, -0.15) is 0 Å². The largest absolute Gasteiger partial charge is 0.872 e. The minimum absolute atomic E-state index is 0. The molecule has 0 amide bonds. The number of carboxylic acids is 6. The van der Waals surface area contributed by atoms with Crippen LogP contribution in [0.4, 0.5) is 0 Å². The minimum Gasteiger partial charge on any atom is -0.872 e. The molecule has 318 valence electrons. The van der Waals surface area contributed by atoms with Gasteiger partial charge in [-0.1, -0.05) is 144 Å².